The maximum Gasteiger partial charge on any atom is 0.243 e. The van der Waals surface area contributed by atoms with Crippen LogP contribution in [0.3, 0.4) is 0 Å². The maximum absolute atomic E-state index is 12.6. The Bertz CT molecular complexity index is 755. The lowest BCUT2D eigenvalue weighted by molar-refractivity contribution is 0.210. The monoisotopic (exact) mass is 346 g/mol. The van der Waals surface area contributed by atoms with Crippen molar-refractivity contribution in [3.8, 4) is 5.75 Å². The summed E-state index contributed by atoms with van der Waals surface area (Å²) in [6, 6.07) is 12.1. The fraction of sp³-hybridized carbons (Fsp3) is 0.389. The molecule has 1 aliphatic rings. The van der Waals surface area contributed by atoms with Gasteiger partial charge in [0, 0.05) is 13.2 Å². The average molecular weight is 346 g/mol. The molecule has 2 aromatic rings. The standard InChI is InChI=1S/C18H22N2O3S/c1-20(14-15-6-4-5-13-19-15)24(21,22)18-11-9-17(10-12-18)23-16-7-2-3-8-16/h4-6,9-13,16H,2-3,7-8,14H2,1H3. The number of aromatic nitrogens is 1. The highest BCUT2D eigenvalue weighted by Gasteiger charge is 2.22. The molecule has 0 atom stereocenters. The summed E-state index contributed by atoms with van der Waals surface area (Å²) in [6.07, 6.45) is 6.48. The van der Waals surface area contributed by atoms with Crippen molar-refractivity contribution in [2.45, 2.75) is 43.2 Å². The van der Waals surface area contributed by atoms with Crippen LogP contribution in [0.15, 0.2) is 53.6 Å². The van der Waals surface area contributed by atoms with E-state index in [-0.39, 0.29) is 17.5 Å². The fourth-order valence-electron chi connectivity index (χ4n) is 2.87. The lowest BCUT2D eigenvalue weighted by Crippen LogP contribution is -2.26. The highest BCUT2D eigenvalue weighted by Crippen LogP contribution is 2.25. The molecular weight excluding hydrogens is 324 g/mol. The zero-order valence-electron chi connectivity index (χ0n) is 13.8. The van der Waals surface area contributed by atoms with Gasteiger partial charge < -0.3 is 4.74 Å². The van der Waals surface area contributed by atoms with Crippen LogP contribution in [0.25, 0.3) is 0 Å². The third kappa shape index (κ3) is 3.94. The number of pyridine rings is 1. The molecule has 3 rings (SSSR count). The SMILES string of the molecule is CN(Cc1ccccn1)S(=O)(=O)c1ccc(OC2CCCC2)cc1. The summed E-state index contributed by atoms with van der Waals surface area (Å²) in [5.74, 6) is 0.730. The molecule has 1 aliphatic carbocycles. The summed E-state index contributed by atoms with van der Waals surface area (Å²) in [6.45, 7) is 0.240. The summed E-state index contributed by atoms with van der Waals surface area (Å²) < 4.78 is 32.5. The van der Waals surface area contributed by atoms with Crippen LogP contribution in [0.4, 0.5) is 0 Å². The number of rotatable bonds is 6. The molecule has 0 saturated heterocycles. The fourth-order valence-corrected chi connectivity index (χ4v) is 4.02. The molecule has 0 spiro atoms. The third-order valence-electron chi connectivity index (χ3n) is 4.25. The number of sulfonamides is 1. The van der Waals surface area contributed by atoms with Crippen LogP contribution < -0.4 is 4.74 Å². The van der Waals surface area contributed by atoms with Gasteiger partial charge in [-0.1, -0.05) is 6.07 Å². The quantitative estimate of drug-likeness (QED) is 0.806. The van der Waals surface area contributed by atoms with Crippen molar-refractivity contribution >= 4 is 10.0 Å². The van der Waals surface area contributed by atoms with Crippen molar-refractivity contribution in [2.24, 2.45) is 0 Å². The second kappa shape index (κ2) is 7.32. The summed E-state index contributed by atoms with van der Waals surface area (Å²) in [5.41, 5.74) is 0.713. The van der Waals surface area contributed by atoms with Gasteiger partial charge in [0.15, 0.2) is 0 Å². The van der Waals surface area contributed by atoms with Gasteiger partial charge in [-0.2, -0.15) is 4.31 Å². The van der Waals surface area contributed by atoms with Gasteiger partial charge in [-0.15, -0.1) is 0 Å². The minimum atomic E-state index is -3.54. The Morgan fingerprint density at radius 3 is 2.46 bits per heavy atom. The molecule has 1 fully saturated rings. The average Bonchev–Trinajstić information content (AvgIpc) is 3.09. The topological polar surface area (TPSA) is 59.5 Å². The van der Waals surface area contributed by atoms with Crippen LogP contribution in [-0.4, -0.2) is 30.9 Å². The number of hydrogen-bond acceptors (Lipinski definition) is 4. The molecule has 1 aromatic heterocycles. The zero-order valence-corrected chi connectivity index (χ0v) is 14.6. The van der Waals surface area contributed by atoms with Gasteiger partial charge in [-0.05, 0) is 62.1 Å². The van der Waals surface area contributed by atoms with Crippen molar-refractivity contribution in [1.82, 2.24) is 9.29 Å². The molecule has 5 nitrogen and oxygen atoms in total. The van der Waals surface area contributed by atoms with Gasteiger partial charge in [-0.3, -0.25) is 4.98 Å². The zero-order chi connectivity index (χ0) is 17.0. The minimum Gasteiger partial charge on any atom is -0.490 e. The van der Waals surface area contributed by atoms with E-state index in [1.54, 1.807) is 43.6 Å². The predicted octanol–water partition coefficient (Wildman–Crippen LogP) is 3.22. The first-order valence-electron chi connectivity index (χ1n) is 8.19. The normalized spacial score (nSPS) is 15.8. The van der Waals surface area contributed by atoms with E-state index in [9.17, 15) is 8.42 Å². The van der Waals surface area contributed by atoms with Crippen molar-refractivity contribution < 1.29 is 13.2 Å². The van der Waals surface area contributed by atoms with E-state index in [1.165, 1.54) is 17.1 Å². The van der Waals surface area contributed by atoms with E-state index in [0.29, 0.717) is 5.69 Å². The van der Waals surface area contributed by atoms with Crippen molar-refractivity contribution in [1.29, 1.82) is 0 Å². The summed E-state index contributed by atoms with van der Waals surface area (Å²) in [5, 5.41) is 0. The van der Waals surface area contributed by atoms with Gasteiger partial charge in [0.2, 0.25) is 10.0 Å². The lowest BCUT2D eigenvalue weighted by atomic mass is 10.3. The van der Waals surface area contributed by atoms with Crippen LogP contribution in [0, 0.1) is 0 Å². The van der Waals surface area contributed by atoms with Gasteiger partial charge in [0.1, 0.15) is 5.75 Å². The molecule has 1 heterocycles. The van der Waals surface area contributed by atoms with Crippen LogP contribution in [0.2, 0.25) is 0 Å². The maximum atomic E-state index is 12.6. The van der Waals surface area contributed by atoms with E-state index in [1.807, 2.05) is 12.1 Å². The van der Waals surface area contributed by atoms with Crippen LogP contribution in [-0.2, 0) is 16.6 Å². The molecule has 24 heavy (non-hydrogen) atoms. The molecule has 0 bridgehead atoms. The molecule has 6 heteroatoms. The van der Waals surface area contributed by atoms with Gasteiger partial charge in [-0.25, -0.2) is 8.42 Å². The first-order chi connectivity index (χ1) is 11.6. The van der Waals surface area contributed by atoms with E-state index >= 15 is 0 Å². The lowest BCUT2D eigenvalue weighted by Gasteiger charge is -2.17. The number of nitrogens with zero attached hydrogens (tertiary/aromatic N) is 2. The molecular formula is C18H22N2O3S. The first-order valence-corrected chi connectivity index (χ1v) is 9.63. The Morgan fingerprint density at radius 2 is 1.83 bits per heavy atom. The Kier molecular flexibility index (Phi) is 5.16. The van der Waals surface area contributed by atoms with Gasteiger partial charge >= 0.3 is 0 Å². The summed E-state index contributed by atoms with van der Waals surface area (Å²) in [7, 11) is -1.98. The summed E-state index contributed by atoms with van der Waals surface area (Å²) in [4.78, 5) is 4.43. The molecule has 0 radical (unpaired) electrons. The van der Waals surface area contributed by atoms with E-state index in [0.717, 1.165) is 18.6 Å². The van der Waals surface area contributed by atoms with Crippen LogP contribution >= 0.6 is 0 Å². The third-order valence-corrected chi connectivity index (χ3v) is 6.07. The van der Waals surface area contributed by atoms with Crippen molar-refractivity contribution in [2.75, 3.05) is 7.05 Å². The number of benzene rings is 1. The Balaban J connectivity index is 1.69. The molecule has 0 aliphatic heterocycles. The highest BCUT2D eigenvalue weighted by atomic mass is 32.2. The highest BCUT2D eigenvalue weighted by molar-refractivity contribution is 7.89. The van der Waals surface area contributed by atoms with Crippen LogP contribution in [0.5, 0.6) is 5.75 Å². The molecule has 1 saturated carbocycles. The van der Waals surface area contributed by atoms with E-state index in [4.69, 9.17) is 4.74 Å². The van der Waals surface area contributed by atoms with Crippen molar-refractivity contribution in [3.63, 3.8) is 0 Å². The minimum absolute atomic E-state index is 0.240. The first kappa shape index (κ1) is 16.9. The largest absolute Gasteiger partial charge is 0.490 e. The Morgan fingerprint density at radius 1 is 1.12 bits per heavy atom. The second-order valence-corrected chi connectivity index (χ2v) is 8.12. The smallest absolute Gasteiger partial charge is 0.243 e. The number of hydrogen-bond donors (Lipinski definition) is 0. The molecule has 1 aromatic carbocycles. The van der Waals surface area contributed by atoms with E-state index in [2.05, 4.69) is 4.98 Å². The number of ether oxygens (including phenoxy) is 1. The Hall–Kier alpha value is -1.92. The summed E-state index contributed by atoms with van der Waals surface area (Å²) >= 11 is 0. The molecule has 0 N–H and O–H groups in total. The molecule has 0 unspecified atom stereocenters. The Labute approximate surface area is 143 Å². The second-order valence-electron chi connectivity index (χ2n) is 6.08. The van der Waals surface area contributed by atoms with Crippen molar-refractivity contribution in [3.05, 3.63) is 54.4 Å². The van der Waals surface area contributed by atoms with Crippen LogP contribution in [0.1, 0.15) is 31.4 Å². The van der Waals surface area contributed by atoms with Gasteiger partial charge in [0.05, 0.1) is 23.2 Å². The van der Waals surface area contributed by atoms with Gasteiger partial charge in [0.25, 0.3) is 0 Å². The molecule has 128 valence electrons. The predicted molar refractivity (Wildman–Crippen MR) is 92.2 cm³/mol. The molecule has 0 amide bonds. The van der Waals surface area contributed by atoms with E-state index < -0.39 is 10.0 Å².